The van der Waals surface area contributed by atoms with Crippen LogP contribution in [0.2, 0.25) is 0 Å². The molecule has 0 aromatic heterocycles. The number of halogens is 1. The van der Waals surface area contributed by atoms with Gasteiger partial charge in [-0.15, -0.1) is 0 Å². The van der Waals surface area contributed by atoms with Gasteiger partial charge < -0.3 is 20.1 Å². The van der Waals surface area contributed by atoms with Gasteiger partial charge in [-0.1, -0.05) is 0 Å². The van der Waals surface area contributed by atoms with E-state index < -0.39 is 18.3 Å². The van der Waals surface area contributed by atoms with Gasteiger partial charge in [-0.05, 0) is 15.9 Å². The van der Waals surface area contributed by atoms with Crippen molar-refractivity contribution >= 4 is 15.9 Å². The zero-order valence-electron chi connectivity index (χ0n) is 5.64. The van der Waals surface area contributed by atoms with E-state index in [1.807, 2.05) is 0 Å². The molecule has 1 rings (SSSR count). The van der Waals surface area contributed by atoms with Crippen LogP contribution in [0.15, 0.2) is 10.7 Å². The summed E-state index contributed by atoms with van der Waals surface area (Å²) in [5.41, 5.74) is 0. The van der Waals surface area contributed by atoms with Crippen LogP contribution >= 0.6 is 15.9 Å². The van der Waals surface area contributed by atoms with Crippen molar-refractivity contribution in [2.45, 2.75) is 18.3 Å². The molecule has 0 amide bonds. The Morgan fingerprint density at radius 1 is 1.55 bits per heavy atom. The lowest BCUT2D eigenvalue weighted by Crippen LogP contribution is -2.43. The fourth-order valence-corrected chi connectivity index (χ4v) is 1.20. The van der Waals surface area contributed by atoms with Gasteiger partial charge in [-0.25, -0.2) is 0 Å². The molecule has 1 aliphatic rings. The summed E-state index contributed by atoms with van der Waals surface area (Å²) in [7, 11) is 0. The van der Waals surface area contributed by atoms with E-state index in [4.69, 9.17) is 9.84 Å². The lowest BCUT2D eigenvalue weighted by atomic mass is 10.1. The maximum atomic E-state index is 9.20. The number of aliphatic hydroxyl groups excluding tert-OH is 3. The molecule has 0 aliphatic carbocycles. The first kappa shape index (κ1) is 8.99. The molecule has 0 spiro atoms. The van der Waals surface area contributed by atoms with Crippen molar-refractivity contribution < 1.29 is 20.1 Å². The van der Waals surface area contributed by atoms with Gasteiger partial charge in [-0.2, -0.15) is 0 Å². The minimum Gasteiger partial charge on any atom is -0.492 e. The number of aliphatic hydroxyl groups is 3. The van der Waals surface area contributed by atoms with Gasteiger partial charge in [0.2, 0.25) is 0 Å². The maximum Gasteiger partial charge on any atom is 0.149 e. The molecule has 4 nitrogen and oxygen atoms in total. The Kier molecular flexibility index (Phi) is 2.89. The van der Waals surface area contributed by atoms with Crippen LogP contribution in [-0.2, 0) is 4.74 Å². The monoisotopic (exact) mass is 224 g/mol. The standard InChI is InChI=1S/C6H9BrO4/c7-3-2-11-4(1-8)6(10)5(3)9/h2,4-6,8-10H,1H2/t4-,5-,6+/m1/s1. The van der Waals surface area contributed by atoms with Crippen LogP contribution in [0, 0.1) is 0 Å². The van der Waals surface area contributed by atoms with Crippen LogP contribution in [0.3, 0.4) is 0 Å². The van der Waals surface area contributed by atoms with Crippen molar-refractivity contribution in [1.29, 1.82) is 0 Å². The van der Waals surface area contributed by atoms with Crippen molar-refractivity contribution in [2.75, 3.05) is 6.61 Å². The smallest absolute Gasteiger partial charge is 0.149 e. The van der Waals surface area contributed by atoms with E-state index in [2.05, 4.69) is 15.9 Å². The van der Waals surface area contributed by atoms with Crippen molar-refractivity contribution in [3.8, 4) is 0 Å². The molecule has 0 saturated heterocycles. The molecule has 0 radical (unpaired) electrons. The van der Waals surface area contributed by atoms with Crippen molar-refractivity contribution in [1.82, 2.24) is 0 Å². The Labute approximate surface area is 72.2 Å². The van der Waals surface area contributed by atoms with Crippen molar-refractivity contribution in [2.24, 2.45) is 0 Å². The Balaban J connectivity index is 2.68. The van der Waals surface area contributed by atoms with E-state index in [-0.39, 0.29) is 6.61 Å². The molecule has 64 valence electrons. The summed E-state index contributed by atoms with van der Waals surface area (Å²) in [6.07, 6.45) is -1.52. The minimum atomic E-state index is -1.07. The third-order valence-corrected chi connectivity index (χ3v) is 2.18. The molecule has 3 atom stereocenters. The Hall–Kier alpha value is -0.100. The highest BCUT2D eigenvalue weighted by Gasteiger charge is 2.32. The van der Waals surface area contributed by atoms with Crippen LogP contribution < -0.4 is 0 Å². The summed E-state index contributed by atoms with van der Waals surface area (Å²) in [4.78, 5) is 0. The molecule has 5 heteroatoms. The summed E-state index contributed by atoms with van der Waals surface area (Å²) in [6, 6.07) is 0. The average molecular weight is 225 g/mol. The third-order valence-electron chi connectivity index (χ3n) is 1.52. The minimum absolute atomic E-state index is 0.311. The van der Waals surface area contributed by atoms with Gasteiger partial charge >= 0.3 is 0 Å². The van der Waals surface area contributed by atoms with Crippen molar-refractivity contribution in [3.05, 3.63) is 10.7 Å². The molecule has 0 fully saturated rings. The predicted octanol–water partition coefficient (Wildman–Crippen LogP) is -0.664. The van der Waals surface area contributed by atoms with Gasteiger partial charge in [0.15, 0.2) is 0 Å². The lowest BCUT2D eigenvalue weighted by molar-refractivity contribution is -0.0822. The third kappa shape index (κ3) is 1.73. The zero-order chi connectivity index (χ0) is 8.43. The van der Waals surface area contributed by atoms with Crippen LogP contribution in [0.25, 0.3) is 0 Å². The summed E-state index contributed by atoms with van der Waals surface area (Å²) in [5, 5.41) is 27.0. The van der Waals surface area contributed by atoms with E-state index in [9.17, 15) is 10.2 Å². The summed E-state index contributed by atoms with van der Waals surface area (Å²) in [5.74, 6) is 0. The maximum absolute atomic E-state index is 9.20. The second kappa shape index (κ2) is 3.53. The van der Waals surface area contributed by atoms with Crippen LogP contribution in [0.1, 0.15) is 0 Å². The quantitative estimate of drug-likeness (QED) is 0.553. The van der Waals surface area contributed by atoms with E-state index in [0.29, 0.717) is 4.48 Å². The molecule has 0 aromatic carbocycles. The number of hydrogen-bond donors (Lipinski definition) is 3. The number of ether oxygens (including phenoxy) is 1. The van der Waals surface area contributed by atoms with Crippen molar-refractivity contribution in [3.63, 3.8) is 0 Å². The largest absolute Gasteiger partial charge is 0.492 e. The van der Waals surface area contributed by atoms with Gasteiger partial charge in [0, 0.05) is 0 Å². The summed E-state index contributed by atoms with van der Waals surface area (Å²) in [6.45, 7) is -0.311. The predicted molar refractivity (Wildman–Crippen MR) is 41.0 cm³/mol. The molecule has 11 heavy (non-hydrogen) atoms. The topological polar surface area (TPSA) is 69.9 Å². The zero-order valence-corrected chi connectivity index (χ0v) is 7.23. The normalized spacial score (nSPS) is 37.8. The second-order valence-electron chi connectivity index (χ2n) is 2.30. The van der Waals surface area contributed by atoms with Gasteiger partial charge in [-0.3, -0.25) is 0 Å². The Morgan fingerprint density at radius 2 is 2.18 bits per heavy atom. The van der Waals surface area contributed by atoms with Crippen LogP contribution in [-0.4, -0.2) is 40.2 Å². The molecule has 1 heterocycles. The summed E-state index contributed by atoms with van der Waals surface area (Å²) < 4.78 is 5.24. The number of rotatable bonds is 1. The summed E-state index contributed by atoms with van der Waals surface area (Å²) >= 11 is 3.00. The molecule has 0 aromatic rings. The molecule has 0 unspecified atom stereocenters. The van der Waals surface area contributed by atoms with E-state index in [1.54, 1.807) is 0 Å². The molecule has 0 saturated carbocycles. The first-order valence-electron chi connectivity index (χ1n) is 3.15. The highest BCUT2D eigenvalue weighted by atomic mass is 79.9. The highest BCUT2D eigenvalue weighted by Crippen LogP contribution is 2.22. The molecular weight excluding hydrogens is 216 g/mol. The van der Waals surface area contributed by atoms with Gasteiger partial charge in [0.05, 0.1) is 17.4 Å². The first-order chi connectivity index (χ1) is 5.16. The Bertz CT molecular complexity index is 170. The first-order valence-corrected chi connectivity index (χ1v) is 3.94. The fourth-order valence-electron chi connectivity index (χ4n) is 0.820. The average Bonchev–Trinajstić information content (AvgIpc) is 2.01. The second-order valence-corrected chi connectivity index (χ2v) is 3.21. The fraction of sp³-hybridized carbons (Fsp3) is 0.667. The Morgan fingerprint density at radius 3 is 2.73 bits per heavy atom. The molecular formula is C6H9BrO4. The van der Waals surface area contributed by atoms with E-state index in [0.717, 1.165) is 0 Å². The molecule has 0 bridgehead atoms. The van der Waals surface area contributed by atoms with E-state index in [1.165, 1.54) is 6.26 Å². The molecule has 3 N–H and O–H groups in total. The highest BCUT2D eigenvalue weighted by molar-refractivity contribution is 9.11. The number of hydrogen-bond acceptors (Lipinski definition) is 4. The lowest BCUT2D eigenvalue weighted by Gasteiger charge is -2.28. The van der Waals surface area contributed by atoms with Gasteiger partial charge in [0.25, 0.3) is 0 Å². The molecule has 1 aliphatic heterocycles. The van der Waals surface area contributed by atoms with Crippen LogP contribution in [0.5, 0.6) is 0 Å². The van der Waals surface area contributed by atoms with E-state index >= 15 is 0 Å². The van der Waals surface area contributed by atoms with Gasteiger partial charge in [0.1, 0.15) is 18.3 Å². The SMILES string of the molecule is OC[C@H]1OC=C(Br)[C@@H](O)[C@H]1O. The van der Waals surface area contributed by atoms with Crippen LogP contribution in [0.4, 0.5) is 0 Å².